The highest BCUT2D eigenvalue weighted by Crippen LogP contribution is 2.19. The van der Waals surface area contributed by atoms with Gasteiger partial charge in [-0.05, 0) is 27.7 Å². The van der Waals surface area contributed by atoms with Crippen molar-refractivity contribution < 1.29 is 22.8 Å². The average molecular weight is 305 g/mol. The third-order valence-corrected chi connectivity index (χ3v) is 5.52. The molecule has 0 aromatic heterocycles. The second-order valence-electron chi connectivity index (χ2n) is 4.24. The summed E-state index contributed by atoms with van der Waals surface area (Å²) in [5, 5.41) is 0. The van der Waals surface area contributed by atoms with Crippen molar-refractivity contribution in [2.45, 2.75) is 46.4 Å². The van der Waals surface area contributed by atoms with Crippen LogP contribution in [0.1, 0.15) is 34.1 Å². The van der Waals surface area contributed by atoms with Gasteiger partial charge in [0.2, 0.25) is 0 Å². The lowest BCUT2D eigenvalue weighted by atomic mass is 10.3. The number of esters is 1. The fourth-order valence-corrected chi connectivity index (χ4v) is 4.26. The molecule has 0 saturated carbocycles. The summed E-state index contributed by atoms with van der Waals surface area (Å²) in [6.45, 7) is 12.3. The van der Waals surface area contributed by atoms with Crippen LogP contribution >= 0.6 is 0 Å². The third-order valence-electron chi connectivity index (χ3n) is 2.43. The molecule has 0 saturated heterocycles. The van der Waals surface area contributed by atoms with E-state index in [2.05, 4.69) is 6.58 Å². The highest BCUT2D eigenvalue weighted by atomic mass is 28.4. The van der Waals surface area contributed by atoms with Gasteiger partial charge in [0.05, 0.1) is 0 Å². The third kappa shape index (κ3) is 7.16. The zero-order chi connectivity index (χ0) is 15.6. The van der Waals surface area contributed by atoms with Gasteiger partial charge in [-0.15, -0.1) is 0 Å². The first-order chi connectivity index (χ1) is 9.40. The summed E-state index contributed by atoms with van der Waals surface area (Å²) in [7, 11) is -2.73. The van der Waals surface area contributed by atoms with Crippen LogP contribution in [0.2, 0.25) is 6.04 Å². The molecule has 0 aliphatic carbocycles. The molecule has 0 aliphatic heterocycles. The summed E-state index contributed by atoms with van der Waals surface area (Å²) in [5.41, 5.74) is 6.10. The predicted octanol–water partition coefficient (Wildman–Crippen LogP) is 1.83. The van der Waals surface area contributed by atoms with E-state index >= 15 is 0 Å². The Morgan fingerprint density at radius 2 is 1.60 bits per heavy atom. The van der Waals surface area contributed by atoms with Gasteiger partial charge in [0.1, 0.15) is 0 Å². The van der Waals surface area contributed by atoms with Crippen LogP contribution < -0.4 is 5.73 Å². The van der Waals surface area contributed by atoms with E-state index < -0.39 is 21.0 Å². The van der Waals surface area contributed by atoms with Gasteiger partial charge < -0.3 is 18.0 Å². The predicted molar refractivity (Wildman–Crippen MR) is 78.9 cm³/mol. The monoisotopic (exact) mass is 305 g/mol. The zero-order valence-electron chi connectivity index (χ0n) is 12.9. The van der Waals surface area contributed by atoms with Crippen LogP contribution in [-0.4, -0.2) is 40.8 Å². The molecule has 0 aromatic carbocycles. The van der Waals surface area contributed by atoms with Crippen molar-refractivity contribution in [1.82, 2.24) is 0 Å². The highest BCUT2D eigenvalue weighted by molar-refractivity contribution is 6.60. The van der Waals surface area contributed by atoms with Crippen LogP contribution in [0.15, 0.2) is 12.2 Å². The molecule has 0 spiro atoms. The number of hydrogen-bond acceptors (Lipinski definition) is 6. The fraction of sp³-hybridized carbons (Fsp3) is 0.769. The second-order valence-corrected chi connectivity index (χ2v) is 6.98. The van der Waals surface area contributed by atoms with E-state index in [0.29, 0.717) is 37.9 Å². The first-order valence-corrected chi connectivity index (χ1v) is 8.87. The number of carbonyl (C=O) groups excluding carboxylic acids is 1. The van der Waals surface area contributed by atoms with Gasteiger partial charge in [-0.1, -0.05) is 6.58 Å². The molecular weight excluding hydrogens is 278 g/mol. The molecular formula is C13H27NO5Si. The van der Waals surface area contributed by atoms with E-state index in [4.69, 9.17) is 23.7 Å². The van der Waals surface area contributed by atoms with Crippen molar-refractivity contribution in [2.24, 2.45) is 5.73 Å². The van der Waals surface area contributed by atoms with Crippen molar-refractivity contribution in [3.63, 3.8) is 0 Å². The van der Waals surface area contributed by atoms with Gasteiger partial charge in [-0.2, -0.15) is 0 Å². The van der Waals surface area contributed by atoms with E-state index in [-0.39, 0.29) is 0 Å². The maximum absolute atomic E-state index is 11.4. The van der Waals surface area contributed by atoms with Gasteiger partial charge in [0.15, 0.2) is 6.23 Å². The topological polar surface area (TPSA) is 80.0 Å². The first-order valence-electron chi connectivity index (χ1n) is 6.94. The second kappa shape index (κ2) is 10.1. The minimum Gasteiger partial charge on any atom is -0.443 e. The van der Waals surface area contributed by atoms with Gasteiger partial charge >= 0.3 is 14.8 Å². The Morgan fingerprint density at radius 1 is 1.15 bits per heavy atom. The SMILES string of the molecule is C=C(C)C(=O)OC(N)CC[Si](OCC)(OCC)OCC. The van der Waals surface area contributed by atoms with Crippen LogP contribution in [0.25, 0.3) is 0 Å². The smallest absolute Gasteiger partial charge is 0.443 e. The van der Waals surface area contributed by atoms with Crippen LogP contribution in [0, 0.1) is 0 Å². The Bertz CT molecular complexity index is 294. The van der Waals surface area contributed by atoms with E-state index in [1.807, 2.05) is 20.8 Å². The molecule has 20 heavy (non-hydrogen) atoms. The summed E-state index contributed by atoms with van der Waals surface area (Å²) in [5.74, 6) is -0.492. The molecule has 7 heteroatoms. The molecule has 0 aliphatic rings. The minimum atomic E-state index is -2.73. The molecule has 0 radical (unpaired) electrons. The van der Waals surface area contributed by atoms with Crippen LogP contribution in [0.4, 0.5) is 0 Å². The molecule has 0 amide bonds. The lowest BCUT2D eigenvalue weighted by Crippen LogP contribution is -2.47. The Balaban J connectivity index is 4.49. The molecule has 118 valence electrons. The summed E-state index contributed by atoms with van der Waals surface area (Å²) in [6, 6.07) is 0.507. The van der Waals surface area contributed by atoms with Crippen LogP contribution in [0.3, 0.4) is 0 Å². The van der Waals surface area contributed by atoms with E-state index in [1.165, 1.54) is 0 Å². The summed E-state index contributed by atoms with van der Waals surface area (Å²) >= 11 is 0. The van der Waals surface area contributed by atoms with Gasteiger partial charge in [0, 0.05) is 37.9 Å². The molecule has 1 unspecified atom stereocenters. The number of carbonyl (C=O) groups is 1. The Labute approximate surface area is 122 Å². The molecule has 2 N–H and O–H groups in total. The summed E-state index contributed by atoms with van der Waals surface area (Å²) in [4.78, 5) is 11.4. The Hall–Kier alpha value is -0.733. The van der Waals surface area contributed by atoms with Crippen LogP contribution in [0.5, 0.6) is 0 Å². The van der Waals surface area contributed by atoms with Crippen LogP contribution in [-0.2, 0) is 22.8 Å². The van der Waals surface area contributed by atoms with Crippen molar-refractivity contribution in [1.29, 1.82) is 0 Å². The summed E-state index contributed by atoms with van der Waals surface area (Å²) in [6.07, 6.45) is -0.293. The maximum Gasteiger partial charge on any atom is 0.501 e. The lowest BCUT2D eigenvalue weighted by Gasteiger charge is -2.29. The molecule has 0 fully saturated rings. The molecule has 0 aromatic rings. The molecule has 1 atom stereocenters. The summed E-state index contributed by atoms with van der Waals surface area (Å²) < 4.78 is 22.1. The lowest BCUT2D eigenvalue weighted by molar-refractivity contribution is -0.144. The van der Waals surface area contributed by atoms with Crippen molar-refractivity contribution in [3.05, 3.63) is 12.2 Å². The van der Waals surface area contributed by atoms with Crippen molar-refractivity contribution in [2.75, 3.05) is 19.8 Å². The molecule has 0 rings (SSSR count). The Kier molecular flexibility index (Phi) is 9.69. The van der Waals surface area contributed by atoms with E-state index in [9.17, 15) is 4.79 Å². The quantitative estimate of drug-likeness (QED) is 0.271. The highest BCUT2D eigenvalue weighted by Gasteiger charge is 2.40. The van der Waals surface area contributed by atoms with Crippen molar-refractivity contribution >= 4 is 14.8 Å². The number of ether oxygens (including phenoxy) is 1. The van der Waals surface area contributed by atoms with Gasteiger partial charge in [0.25, 0.3) is 0 Å². The van der Waals surface area contributed by atoms with Crippen molar-refractivity contribution in [3.8, 4) is 0 Å². The number of nitrogens with two attached hydrogens (primary N) is 1. The van der Waals surface area contributed by atoms with E-state index in [0.717, 1.165) is 0 Å². The average Bonchev–Trinajstić information content (AvgIpc) is 2.37. The molecule has 6 nitrogen and oxygen atoms in total. The largest absolute Gasteiger partial charge is 0.501 e. The maximum atomic E-state index is 11.4. The number of rotatable bonds is 11. The minimum absolute atomic E-state index is 0.323. The number of hydrogen-bond donors (Lipinski definition) is 1. The normalized spacial score (nSPS) is 13.1. The van der Waals surface area contributed by atoms with Gasteiger partial charge in [-0.3, -0.25) is 5.73 Å². The molecule has 0 bridgehead atoms. The molecule has 0 heterocycles. The zero-order valence-corrected chi connectivity index (χ0v) is 13.9. The Morgan fingerprint density at radius 3 is 1.95 bits per heavy atom. The van der Waals surface area contributed by atoms with E-state index in [1.54, 1.807) is 6.92 Å². The first kappa shape index (κ1) is 19.3. The van der Waals surface area contributed by atoms with Gasteiger partial charge in [-0.25, -0.2) is 4.79 Å². The standard InChI is InChI=1S/C13H27NO5Si/c1-6-16-20(17-7-2,18-8-3)10-9-12(14)19-13(15)11(4)5/h12H,4,6-10,14H2,1-3,5H3. The fourth-order valence-electron chi connectivity index (χ4n) is 1.62.